The zero-order valence-corrected chi connectivity index (χ0v) is 12.4. The highest BCUT2D eigenvalue weighted by Gasteiger charge is 2.62. The molecule has 0 aliphatic heterocycles. The second kappa shape index (κ2) is 5.85. The molecule has 2 aromatic rings. The lowest BCUT2D eigenvalue weighted by Crippen LogP contribution is -2.35. The van der Waals surface area contributed by atoms with E-state index in [-0.39, 0.29) is 10.2 Å². The van der Waals surface area contributed by atoms with Gasteiger partial charge in [-0.1, -0.05) is 12.1 Å². The molecule has 12 heteroatoms. The predicted octanol–water partition coefficient (Wildman–Crippen LogP) is 3.89. The molecule has 1 heterocycles. The molecule has 2 rings (SSSR count). The van der Waals surface area contributed by atoms with E-state index in [1.165, 1.54) is 18.2 Å². The van der Waals surface area contributed by atoms with Crippen LogP contribution in [0.1, 0.15) is 22.8 Å². The number of nitrogens with two attached hydrogens (primary N) is 1. The third-order valence-corrected chi connectivity index (χ3v) is 3.23. The van der Waals surface area contributed by atoms with Gasteiger partial charge in [-0.3, -0.25) is 0 Å². The van der Waals surface area contributed by atoms with Gasteiger partial charge >= 0.3 is 18.3 Å². The number of anilines is 1. The molecule has 0 spiro atoms. The average molecular weight is 374 g/mol. The minimum atomic E-state index is -6.13. The van der Waals surface area contributed by atoms with Gasteiger partial charge in [0, 0.05) is 5.69 Å². The van der Waals surface area contributed by atoms with Crippen LogP contribution in [-0.4, -0.2) is 20.9 Å². The van der Waals surface area contributed by atoms with Crippen LogP contribution < -0.4 is 5.73 Å². The summed E-state index contributed by atoms with van der Waals surface area (Å²) < 4.78 is 102. The van der Waals surface area contributed by atoms with E-state index in [1.54, 1.807) is 6.92 Å². The highest BCUT2D eigenvalue weighted by atomic mass is 19.4. The lowest BCUT2D eigenvalue weighted by Gasteiger charge is -2.15. The molecule has 0 bridgehead atoms. The minimum Gasteiger partial charge on any atom is -0.399 e. The minimum absolute atomic E-state index is 0.0417. The summed E-state index contributed by atoms with van der Waals surface area (Å²) in [6, 6.07) is 4.02. The molecule has 0 atom stereocenters. The zero-order valence-electron chi connectivity index (χ0n) is 12.4. The number of rotatable bonds is 3. The Kier molecular flexibility index (Phi) is 4.43. The third-order valence-electron chi connectivity index (χ3n) is 3.23. The first-order valence-corrected chi connectivity index (χ1v) is 6.55. The van der Waals surface area contributed by atoms with Crippen LogP contribution in [0.15, 0.2) is 18.2 Å². The molecule has 1 aromatic heterocycles. The molecule has 0 aliphatic rings. The number of hydrogen-bond acceptors (Lipinski definition) is 3. The van der Waals surface area contributed by atoms with Gasteiger partial charge in [0.25, 0.3) is 0 Å². The maximum Gasteiger partial charge on any atom is 0.461 e. The largest absolute Gasteiger partial charge is 0.461 e. The van der Waals surface area contributed by atoms with Crippen molar-refractivity contribution in [2.75, 3.05) is 5.73 Å². The normalized spacial score (nSPS) is 13.3. The maximum atomic E-state index is 13.3. The lowest BCUT2D eigenvalue weighted by atomic mass is 10.1. The smallest absolute Gasteiger partial charge is 0.399 e. The molecule has 0 fully saturated rings. The summed E-state index contributed by atoms with van der Waals surface area (Å²) in [6.07, 6.45) is -11.4. The Morgan fingerprint density at radius 3 is 2.12 bits per heavy atom. The quantitative estimate of drug-likeness (QED) is 0.655. The second-order valence-corrected chi connectivity index (χ2v) is 5.18. The molecular formula is C13H10F8N4. The molecule has 2 N–H and O–H groups in total. The van der Waals surface area contributed by atoms with E-state index in [0.717, 1.165) is 0 Å². The maximum absolute atomic E-state index is 13.3. The van der Waals surface area contributed by atoms with E-state index in [9.17, 15) is 35.1 Å². The SMILES string of the molecule is Cc1cc(Cn2nc(C(F)(F)C(F)(F)F)nc2C(F)(F)F)ccc1N. The van der Waals surface area contributed by atoms with E-state index < -0.39 is 36.5 Å². The Balaban J connectivity index is 2.51. The number of nitrogens with zero attached hydrogens (tertiary/aromatic N) is 3. The van der Waals surface area contributed by atoms with Crippen LogP contribution in [-0.2, 0) is 18.6 Å². The number of aryl methyl sites for hydroxylation is 1. The predicted molar refractivity (Wildman–Crippen MR) is 69.7 cm³/mol. The van der Waals surface area contributed by atoms with Gasteiger partial charge in [0.2, 0.25) is 11.6 Å². The topological polar surface area (TPSA) is 56.7 Å². The van der Waals surface area contributed by atoms with E-state index in [2.05, 4.69) is 10.1 Å². The molecule has 0 amide bonds. The van der Waals surface area contributed by atoms with E-state index in [0.29, 0.717) is 11.3 Å². The molecule has 25 heavy (non-hydrogen) atoms. The molecule has 4 nitrogen and oxygen atoms in total. The molecule has 1 aromatic carbocycles. The van der Waals surface area contributed by atoms with Crippen LogP contribution in [0.4, 0.5) is 40.8 Å². The van der Waals surface area contributed by atoms with Crippen molar-refractivity contribution in [1.82, 2.24) is 14.8 Å². The summed E-state index contributed by atoms with van der Waals surface area (Å²) in [5, 5.41) is 2.75. The monoisotopic (exact) mass is 374 g/mol. The number of halogens is 8. The summed E-state index contributed by atoms with van der Waals surface area (Å²) in [4.78, 5) is 2.39. The number of benzene rings is 1. The molecular weight excluding hydrogens is 364 g/mol. The van der Waals surface area contributed by atoms with Crippen molar-refractivity contribution in [3.8, 4) is 0 Å². The Labute approximate surface area is 135 Å². The first-order valence-electron chi connectivity index (χ1n) is 6.55. The van der Waals surface area contributed by atoms with Gasteiger partial charge in [0.05, 0.1) is 6.54 Å². The molecule has 0 unspecified atom stereocenters. The highest BCUT2D eigenvalue weighted by molar-refractivity contribution is 5.47. The Morgan fingerprint density at radius 2 is 1.64 bits per heavy atom. The van der Waals surface area contributed by atoms with Crippen LogP contribution in [0.3, 0.4) is 0 Å². The van der Waals surface area contributed by atoms with Gasteiger partial charge in [-0.15, -0.1) is 5.10 Å². The Hall–Kier alpha value is -2.40. The first kappa shape index (κ1) is 18.9. The van der Waals surface area contributed by atoms with Gasteiger partial charge in [-0.2, -0.15) is 35.1 Å². The number of nitrogen functional groups attached to an aromatic ring is 1. The standard InChI is InChI=1S/C13H10F8N4/c1-6-4-7(2-3-8(6)22)5-25-10(12(16,17)18)23-9(24-25)11(14,15)13(19,20)21/h2-4H,5,22H2,1H3. The van der Waals surface area contributed by atoms with Crippen molar-refractivity contribution in [2.45, 2.75) is 31.7 Å². The van der Waals surface area contributed by atoms with E-state index >= 15 is 0 Å². The van der Waals surface area contributed by atoms with Gasteiger partial charge < -0.3 is 5.73 Å². The van der Waals surface area contributed by atoms with Crippen LogP contribution in [0.2, 0.25) is 0 Å². The van der Waals surface area contributed by atoms with Crippen LogP contribution in [0, 0.1) is 6.92 Å². The van der Waals surface area contributed by atoms with Gasteiger partial charge in [-0.25, -0.2) is 9.67 Å². The molecule has 0 aliphatic carbocycles. The summed E-state index contributed by atoms with van der Waals surface area (Å²) >= 11 is 0. The molecule has 0 saturated heterocycles. The average Bonchev–Trinajstić information content (AvgIpc) is 2.86. The lowest BCUT2D eigenvalue weighted by molar-refractivity contribution is -0.292. The fraction of sp³-hybridized carbons (Fsp3) is 0.385. The molecule has 0 radical (unpaired) electrons. The fourth-order valence-corrected chi connectivity index (χ4v) is 1.93. The summed E-state index contributed by atoms with van der Waals surface area (Å²) in [5.41, 5.74) is 6.55. The first-order chi connectivity index (χ1) is 11.2. The number of hydrogen-bond donors (Lipinski definition) is 1. The van der Waals surface area contributed by atoms with Crippen molar-refractivity contribution in [3.63, 3.8) is 0 Å². The second-order valence-electron chi connectivity index (χ2n) is 5.18. The third kappa shape index (κ3) is 3.66. The van der Waals surface area contributed by atoms with E-state index in [4.69, 9.17) is 5.73 Å². The Morgan fingerprint density at radius 1 is 1.04 bits per heavy atom. The number of aromatic nitrogens is 3. The van der Waals surface area contributed by atoms with Crippen molar-refractivity contribution < 1.29 is 35.1 Å². The summed E-state index contributed by atoms with van der Waals surface area (Å²) in [5.74, 6) is -9.84. The number of alkyl halides is 8. The van der Waals surface area contributed by atoms with Crippen molar-refractivity contribution in [3.05, 3.63) is 41.0 Å². The zero-order chi connectivity index (χ0) is 19.2. The van der Waals surface area contributed by atoms with E-state index in [1.807, 2.05) is 0 Å². The fourth-order valence-electron chi connectivity index (χ4n) is 1.93. The van der Waals surface area contributed by atoms with Gasteiger partial charge in [0.15, 0.2) is 0 Å². The van der Waals surface area contributed by atoms with Crippen molar-refractivity contribution in [1.29, 1.82) is 0 Å². The van der Waals surface area contributed by atoms with Crippen molar-refractivity contribution >= 4 is 5.69 Å². The highest BCUT2D eigenvalue weighted by Crippen LogP contribution is 2.43. The van der Waals surface area contributed by atoms with Crippen LogP contribution >= 0.6 is 0 Å². The van der Waals surface area contributed by atoms with Gasteiger partial charge in [0.1, 0.15) is 0 Å². The van der Waals surface area contributed by atoms with Crippen LogP contribution in [0.5, 0.6) is 0 Å². The van der Waals surface area contributed by atoms with Crippen molar-refractivity contribution in [2.24, 2.45) is 0 Å². The van der Waals surface area contributed by atoms with Gasteiger partial charge in [-0.05, 0) is 24.1 Å². The van der Waals surface area contributed by atoms with Crippen LogP contribution in [0.25, 0.3) is 0 Å². The Bertz CT molecular complexity index is 775. The summed E-state index contributed by atoms with van der Waals surface area (Å²) in [6.45, 7) is 0.838. The molecule has 138 valence electrons. The summed E-state index contributed by atoms with van der Waals surface area (Å²) in [7, 11) is 0. The molecule has 0 saturated carbocycles.